The van der Waals surface area contributed by atoms with Crippen LogP contribution in [0.1, 0.15) is 36.4 Å². The van der Waals surface area contributed by atoms with Gasteiger partial charge in [-0.2, -0.15) is 5.10 Å². The second kappa shape index (κ2) is 8.57. The Morgan fingerprint density at radius 2 is 2.03 bits per heavy atom. The summed E-state index contributed by atoms with van der Waals surface area (Å²) in [6.45, 7) is 2.80. The van der Waals surface area contributed by atoms with Crippen LogP contribution < -0.4 is 5.32 Å². The van der Waals surface area contributed by atoms with Crippen LogP contribution in [0, 0.1) is 0 Å². The Kier molecular flexibility index (Phi) is 5.28. The Labute approximate surface area is 193 Å². The maximum atomic E-state index is 12.5. The highest BCUT2D eigenvalue weighted by molar-refractivity contribution is 6.02. The van der Waals surface area contributed by atoms with E-state index in [0.29, 0.717) is 18.2 Å². The molecule has 3 aromatic rings. The van der Waals surface area contributed by atoms with Gasteiger partial charge in [-0.3, -0.25) is 19.4 Å². The lowest BCUT2D eigenvalue weighted by atomic mass is 10.0. The lowest BCUT2D eigenvalue weighted by Gasteiger charge is -2.26. The summed E-state index contributed by atoms with van der Waals surface area (Å²) in [4.78, 5) is 19.2. The number of ether oxygens (including phenoxy) is 1. The molecule has 7 heteroatoms. The Morgan fingerprint density at radius 1 is 1.15 bits per heavy atom. The van der Waals surface area contributed by atoms with Crippen molar-refractivity contribution in [2.45, 2.75) is 44.0 Å². The summed E-state index contributed by atoms with van der Waals surface area (Å²) in [6.07, 6.45) is 14.8. The number of aromatic nitrogens is 3. The molecule has 3 aliphatic rings. The number of carbonyl (C=O) groups excluding carboxylic acids is 1. The minimum absolute atomic E-state index is 0.166. The van der Waals surface area contributed by atoms with E-state index in [9.17, 15) is 4.79 Å². The summed E-state index contributed by atoms with van der Waals surface area (Å²) in [5.74, 6) is -0.166. The number of hydrogen-bond donors (Lipinski definition) is 1. The van der Waals surface area contributed by atoms with Crippen LogP contribution >= 0.6 is 0 Å². The van der Waals surface area contributed by atoms with E-state index in [0.717, 1.165) is 48.5 Å². The third kappa shape index (κ3) is 4.47. The standard InChI is InChI=1S/C26H27N5O2/c32-26(29-21-4-1-18(2-5-21)14-30-16-24-11-23(30)17-33-24)8-3-19-12-27-10-9-25(19)20-13-28-31(15-20)22-6-7-22/h1-5,8-10,12-13,15,22-24H,6-7,11,14,16-17H2,(H,29,32). The fourth-order valence-corrected chi connectivity index (χ4v) is 4.77. The Hall–Kier alpha value is -3.29. The lowest BCUT2D eigenvalue weighted by Crippen LogP contribution is -2.36. The number of pyridine rings is 1. The Balaban J connectivity index is 1.08. The molecule has 1 N–H and O–H groups in total. The molecule has 1 aliphatic carbocycles. The van der Waals surface area contributed by atoms with Crippen LogP contribution in [0.4, 0.5) is 5.69 Å². The molecule has 1 amide bonds. The van der Waals surface area contributed by atoms with Crippen LogP contribution in [0.15, 0.2) is 61.2 Å². The van der Waals surface area contributed by atoms with E-state index < -0.39 is 0 Å². The molecule has 0 radical (unpaired) electrons. The van der Waals surface area contributed by atoms with E-state index in [2.05, 4.69) is 38.6 Å². The van der Waals surface area contributed by atoms with Crippen LogP contribution in [0.3, 0.4) is 0 Å². The van der Waals surface area contributed by atoms with Gasteiger partial charge in [-0.05, 0) is 54.7 Å². The SMILES string of the molecule is O=C(C=Cc1cnccc1-c1cnn(C2CC2)c1)Nc1ccc(CN2CC3CC2CO3)cc1. The predicted octanol–water partition coefficient (Wildman–Crippen LogP) is 3.91. The van der Waals surface area contributed by atoms with E-state index in [4.69, 9.17) is 4.74 Å². The molecule has 7 nitrogen and oxygen atoms in total. The van der Waals surface area contributed by atoms with Crippen molar-refractivity contribution in [3.63, 3.8) is 0 Å². The smallest absolute Gasteiger partial charge is 0.248 e. The largest absolute Gasteiger partial charge is 0.375 e. The molecule has 2 aliphatic heterocycles. The molecule has 4 heterocycles. The minimum Gasteiger partial charge on any atom is -0.375 e. The van der Waals surface area contributed by atoms with E-state index in [-0.39, 0.29) is 5.91 Å². The maximum Gasteiger partial charge on any atom is 0.248 e. The molecule has 2 unspecified atom stereocenters. The molecule has 3 fully saturated rings. The third-order valence-corrected chi connectivity index (χ3v) is 6.72. The zero-order valence-corrected chi connectivity index (χ0v) is 18.4. The third-order valence-electron chi connectivity index (χ3n) is 6.72. The lowest BCUT2D eigenvalue weighted by molar-refractivity contribution is -0.111. The van der Waals surface area contributed by atoms with Crippen molar-refractivity contribution in [3.8, 4) is 11.1 Å². The molecule has 2 saturated heterocycles. The number of amides is 1. The Morgan fingerprint density at radius 3 is 2.79 bits per heavy atom. The summed E-state index contributed by atoms with van der Waals surface area (Å²) in [5.41, 5.74) is 4.99. The van der Waals surface area contributed by atoms with Gasteiger partial charge in [0.2, 0.25) is 5.91 Å². The van der Waals surface area contributed by atoms with Gasteiger partial charge in [0.05, 0.1) is 24.9 Å². The van der Waals surface area contributed by atoms with Crippen LogP contribution in [0.25, 0.3) is 17.2 Å². The molecule has 1 aromatic carbocycles. The van der Waals surface area contributed by atoms with Crippen molar-refractivity contribution in [3.05, 3.63) is 72.3 Å². The van der Waals surface area contributed by atoms with Crippen LogP contribution in [0.5, 0.6) is 0 Å². The molecule has 2 bridgehead atoms. The van der Waals surface area contributed by atoms with E-state index in [1.807, 2.05) is 35.2 Å². The molecule has 33 heavy (non-hydrogen) atoms. The van der Waals surface area contributed by atoms with Gasteiger partial charge >= 0.3 is 0 Å². The van der Waals surface area contributed by atoms with Crippen LogP contribution in [-0.4, -0.2) is 50.9 Å². The summed E-state index contributed by atoms with van der Waals surface area (Å²) in [7, 11) is 0. The second-order valence-electron chi connectivity index (χ2n) is 9.20. The number of anilines is 1. The molecular formula is C26H27N5O2. The summed E-state index contributed by atoms with van der Waals surface area (Å²) < 4.78 is 7.71. The zero-order chi connectivity index (χ0) is 22.2. The molecule has 6 rings (SSSR count). The van der Waals surface area contributed by atoms with Gasteiger partial charge in [0.1, 0.15) is 0 Å². The van der Waals surface area contributed by atoms with Gasteiger partial charge < -0.3 is 10.1 Å². The summed E-state index contributed by atoms with van der Waals surface area (Å²) in [5, 5.41) is 7.43. The van der Waals surface area contributed by atoms with E-state index >= 15 is 0 Å². The van der Waals surface area contributed by atoms with Crippen molar-refractivity contribution in [2.24, 2.45) is 0 Å². The number of carbonyl (C=O) groups is 1. The normalized spacial score (nSPS) is 22.3. The number of nitrogens with zero attached hydrogens (tertiary/aromatic N) is 4. The van der Waals surface area contributed by atoms with Gasteiger partial charge in [-0.25, -0.2) is 0 Å². The fourth-order valence-electron chi connectivity index (χ4n) is 4.77. The van der Waals surface area contributed by atoms with Gasteiger partial charge in [0.25, 0.3) is 0 Å². The highest BCUT2D eigenvalue weighted by Crippen LogP contribution is 2.35. The first-order valence-corrected chi connectivity index (χ1v) is 11.6. The van der Waals surface area contributed by atoms with E-state index in [1.165, 1.54) is 18.4 Å². The van der Waals surface area contributed by atoms with Crippen molar-refractivity contribution in [1.82, 2.24) is 19.7 Å². The van der Waals surface area contributed by atoms with Crippen molar-refractivity contribution in [1.29, 1.82) is 0 Å². The number of fused-ring (bicyclic) bond motifs is 2. The minimum atomic E-state index is -0.166. The molecular weight excluding hydrogens is 414 g/mol. The topological polar surface area (TPSA) is 72.3 Å². The highest BCUT2D eigenvalue weighted by Gasteiger charge is 2.38. The van der Waals surface area contributed by atoms with E-state index in [1.54, 1.807) is 18.5 Å². The van der Waals surface area contributed by atoms with Gasteiger partial charge in [-0.15, -0.1) is 0 Å². The fraction of sp³-hybridized carbons (Fsp3) is 0.346. The number of nitrogens with one attached hydrogen (secondary N) is 1. The number of benzene rings is 1. The monoisotopic (exact) mass is 441 g/mol. The Bertz CT molecular complexity index is 1180. The number of morpholine rings is 1. The van der Waals surface area contributed by atoms with Gasteiger partial charge in [-0.1, -0.05) is 12.1 Å². The van der Waals surface area contributed by atoms with Crippen molar-refractivity contribution < 1.29 is 9.53 Å². The summed E-state index contributed by atoms with van der Waals surface area (Å²) >= 11 is 0. The highest BCUT2D eigenvalue weighted by atomic mass is 16.5. The molecule has 0 spiro atoms. The van der Waals surface area contributed by atoms with Crippen LogP contribution in [0.2, 0.25) is 0 Å². The maximum absolute atomic E-state index is 12.5. The summed E-state index contributed by atoms with van der Waals surface area (Å²) in [6, 6.07) is 11.2. The van der Waals surface area contributed by atoms with Crippen molar-refractivity contribution >= 4 is 17.7 Å². The number of rotatable bonds is 7. The average molecular weight is 442 g/mol. The average Bonchev–Trinajstić information content (AvgIpc) is 3.22. The molecule has 2 aromatic heterocycles. The first-order valence-electron chi connectivity index (χ1n) is 11.6. The number of likely N-dealkylation sites (tertiary alicyclic amines) is 1. The van der Waals surface area contributed by atoms with Crippen LogP contribution in [-0.2, 0) is 16.1 Å². The zero-order valence-electron chi connectivity index (χ0n) is 18.4. The molecule has 2 atom stereocenters. The van der Waals surface area contributed by atoms with Crippen molar-refractivity contribution in [2.75, 3.05) is 18.5 Å². The predicted molar refractivity (Wildman–Crippen MR) is 126 cm³/mol. The molecule has 168 valence electrons. The van der Waals surface area contributed by atoms with Gasteiger partial charge in [0.15, 0.2) is 0 Å². The van der Waals surface area contributed by atoms with Gasteiger partial charge in [0, 0.05) is 60.6 Å². The molecule has 1 saturated carbocycles. The quantitative estimate of drug-likeness (QED) is 0.563. The first kappa shape index (κ1) is 20.3. The first-order chi connectivity index (χ1) is 16.2. The second-order valence-corrected chi connectivity index (χ2v) is 9.20. The number of hydrogen-bond acceptors (Lipinski definition) is 5.